The Kier molecular flexibility index (Phi) is 13.2. The van der Waals surface area contributed by atoms with Crippen LogP contribution >= 0.6 is 0 Å². The van der Waals surface area contributed by atoms with Crippen LogP contribution in [0.4, 0.5) is 5.82 Å². The van der Waals surface area contributed by atoms with Gasteiger partial charge in [0.1, 0.15) is 30.2 Å². The smallest absolute Gasteiger partial charge is 0.308 e. The number of carbonyl (C=O) groups excluding carboxylic acids is 2. The molecule has 1 saturated heterocycles. The summed E-state index contributed by atoms with van der Waals surface area (Å²) in [5.41, 5.74) is 1.08. The predicted molar refractivity (Wildman–Crippen MR) is 149 cm³/mol. The lowest BCUT2D eigenvalue weighted by atomic mass is 10.0. The number of esters is 1. The molecule has 2 aromatic heterocycles. The fraction of sp³-hybridized carbons (Fsp3) is 0.643. The minimum absolute atomic E-state index is 0.0972. The number of carboxylic acids is 2. The molecule has 40 heavy (non-hydrogen) atoms. The zero-order valence-electron chi connectivity index (χ0n) is 24.9. The first-order valence-electron chi connectivity index (χ1n) is 13.4. The van der Waals surface area contributed by atoms with Crippen molar-refractivity contribution in [2.75, 3.05) is 11.9 Å². The van der Waals surface area contributed by atoms with Gasteiger partial charge in [-0.15, -0.1) is 0 Å². The number of rotatable bonds is 8. The number of carboxylic acid groups (broad SMARTS) is 2. The zero-order chi connectivity index (χ0) is 30.8. The number of nitrogens with zero attached hydrogens (tertiary/aromatic N) is 3. The van der Waals surface area contributed by atoms with Crippen LogP contribution in [-0.4, -0.2) is 60.8 Å². The summed E-state index contributed by atoms with van der Waals surface area (Å²) in [4.78, 5) is 47.4. The maximum absolute atomic E-state index is 12.0. The first-order valence-corrected chi connectivity index (χ1v) is 13.4. The van der Waals surface area contributed by atoms with Gasteiger partial charge in [0.05, 0.1) is 23.4 Å². The minimum atomic E-state index is -0.741. The van der Waals surface area contributed by atoms with E-state index in [0.717, 1.165) is 24.1 Å². The quantitative estimate of drug-likeness (QED) is 0.385. The van der Waals surface area contributed by atoms with Gasteiger partial charge in [-0.3, -0.25) is 19.2 Å². The topological polar surface area (TPSA) is 169 Å². The van der Waals surface area contributed by atoms with Crippen LogP contribution in [0.1, 0.15) is 87.0 Å². The first kappa shape index (κ1) is 34.5. The molecule has 12 nitrogen and oxygen atoms in total. The Morgan fingerprint density at radius 3 is 2.02 bits per heavy atom. The Labute approximate surface area is 235 Å². The molecule has 3 N–H and O–H groups in total. The second-order valence-corrected chi connectivity index (χ2v) is 11.2. The highest BCUT2D eigenvalue weighted by Crippen LogP contribution is 2.40. The highest BCUT2D eigenvalue weighted by molar-refractivity contribution is 5.94. The van der Waals surface area contributed by atoms with Crippen LogP contribution in [0.15, 0.2) is 18.5 Å². The van der Waals surface area contributed by atoms with Crippen molar-refractivity contribution in [2.24, 2.45) is 23.7 Å². The molecule has 1 aliphatic rings. The molecule has 12 heteroatoms. The lowest BCUT2D eigenvalue weighted by Gasteiger charge is -2.24. The fourth-order valence-corrected chi connectivity index (χ4v) is 3.16. The van der Waals surface area contributed by atoms with Crippen LogP contribution in [-0.2, 0) is 28.7 Å². The molecule has 2 aromatic rings. The van der Waals surface area contributed by atoms with E-state index < -0.39 is 17.5 Å². The van der Waals surface area contributed by atoms with Crippen molar-refractivity contribution in [3.8, 4) is 0 Å². The van der Waals surface area contributed by atoms with Gasteiger partial charge in [-0.25, -0.2) is 9.50 Å². The SMILES string of the molecule is CC(C)C(=O)Nc1ncnn2c(C3CC[C@@](C)(COC(=O)C(C)C)O3)ccc12.CC(C)C(=O)O.CC(C)C(=O)O. The molecule has 1 fully saturated rings. The van der Waals surface area contributed by atoms with Gasteiger partial charge in [-0.1, -0.05) is 55.4 Å². The Balaban J connectivity index is 0.000000559. The molecule has 0 spiro atoms. The van der Waals surface area contributed by atoms with Crippen LogP contribution in [0.5, 0.6) is 0 Å². The Morgan fingerprint density at radius 2 is 1.55 bits per heavy atom. The van der Waals surface area contributed by atoms with Crippen molar-refractivity contribution in [2.45, 2.75) is 86.9 Å². The molecule has 1 unspecified atom stereocenters. The van der Waals surface area contributed by atoms with Crippen LogP contribution in [0.25, 0.3) is 5.52 Å². The molecule has 3 heterocycles. The van der Waals surface area contributed by atoms with Crippen molar-refractivity contribution in [3.05, 3.63) is 24.2 Å². The summed E-state index contributed by atoms with van der Waals surface area (Å²) in [6.45, 7) is 16.0. The van der Waals surface area contributed by atoms with E-state index in [4.69, 9.17) is 19.7 Å². The molecule has 0 radical (unpaired) electrons. The molecular weight excluding hydrogens is 520 g/mol. The molecule has 2 atom stereocenters. The van der Waals surface area contributed by atoms with E-state index in [-0.39, 0.29) is 48.3 Å². The van der Waals surface area contributed by atoms with Crippen LogP contribution in [0, 0.1) is 23.7 Å². The van der Waals surface area contributed by atoms with Crippen LogP contribution in [0.2, 0.25) is 0 Å². The van der Waals surface area contributed by atoms with Gasteiger partial charge >= 0.3 is 17.9 Å². The van der Waals surface area contributed by atoms with Crippen molar-refractivity contribution < 1.29 is 38.9 Å². The van der Waals surface area contributed by atoms with Gasteiger partial charge in [0.2, 0.25) is 5.91 Å². The summed E-state index contributed by atoms with van der Waals surface area (Å²) in [7, 11) is 0. The molecule has 0 aromatic carbocycles. The number of aromatic nitrogens is 3. The second kappa shape index (κ2) is 15.3. The zero-order valence-corrected chi connectivity index (χ0v) is 24.9. The largest absolute Gasteiger partial charge is 0.481 e. The number of ether oxygens (including phenoxy) is 2. The maximum Gasteiger partial charge on any atom is 0.308 e. The minimum Gasteiger partial charge on any atom is -0.481 e. The molecule has 224 valence electrons. The Bertz CT molecular complexity index is 1140. The highest BCUT2D eigenvalue weighted by Gasteiger charge is 2.39. The van der Waals surface area contributed by atoms with Crippen molar-refractivity contribution in [1.29, 1.82) is 0 Å². The van der Waals surface area contributed by atoms with Crippen LogP contribution in [0.3, 0.4) is 0 Å². The van der Waals surface area contributed by atoms with Gasteiger partial charge in [0.15, 0.2) is 5.82 Å². The van der Waals surface area contributed by atoms with Crippen molar-refractivity contribution >= 4 is 35.1 Å². The number of carbonyl (C=O) groups is 4. The van der Waals surface area contributed by atoms with Gasteiger partial charge in [0.25, 0.3) is 0 Å². The molecular formula is C28H44N4O8. The first-order chi connectivity index (χ1) is 18.5. The molecule has 0 saturated carbocycles. The molecule has 3 rings (SSSR count). The third-order valence-electron chi connectivity index (χ3n) is 5.92. The normalized spacial score (nSPS) is 18.3. The number of aliphatic carboxylic acids is 2. The molecule has 0 bridgehead atoms. The van der Waals surface area contributed by atoms with Gasteiger partial charge < -0.3 is 25.0 Å². The summed E-state index contributed by atoms with van der Waals surface area (Å²) in [5.74, 6) is -2.09. The third kappa shape index (κ3) is 10.6. The van der Waals surface area contributed by atoms with E-state index in [1.807, 2.05) is 46.8 Å². The monoisotopic (exact) mass is 564 g/mol. The van der Waals surface area contributed by atoms with Crippen molar-refractivity contribution in [1.82, 2.24) is 14.6 Å². The average molecular weight is 565 g/mol. The predicted octanol–water partition coefficient (Wildman–Crippen LogP) is 4.59. The Morgan fingerprint density at radius 1 is 1.00 bits per heavy atom. The number of hydrogen-bond donors (Lipinski definition) is 3. The summed E-state index contributed by atoms with van der Waals surface area (Å²) >= 11 is 0. The van der Waals surface area contributed by atoms with Gasteiger partial charge in [-0.2, -0.15) is 5.10 Å². The fourth-order valence-electron chi connectivity index (χ4n) is 3.16. The van der Waals surface area contributed by atoms with Crippen LogP contribution < -0.4 is 5.32 Å². The van der Waals surface area contributed by atoms with E-state index in [1.165, 1.54) is 6.33 Å². The highest BCUT2D eigenvalue weighted by atomic mass is 16.6. The summed E-state index contributed by atoms with van der Waals surface area (Å²) < 4.78 is 13.4. The number of fused-ring (bicyclic) bond motifs is 1. The van der Waals surface area contributed by atoms with Crippen molar-refractivity contribution in [3.63, 3.8) is 0 Å². The van der Waals surface area contributed by atoms with E-state index in [1.54, 1.807) is 32.2 Å². The molecule has 1 amide bonds. The number of anilines is 1. The van der Waals surface area contributed by atoms with Gasteiger partial charge in [0, 0.05) is 5.92 Å². The van der Waals surface area contributed by atoms with E-state index in [9.17, 15) is 19.2 Å². The summed E-state index contributed by atoms with van der Waals surface area (Å²) in [6, 6.07) is 3.81. The maximum atomic E-state index is 12.0. The van der Waals surface area contributed by atoms with E-state index in [2.05, 4.69) is 15.4 Å². The number of hydrogen-bond acceptors (Lipinski definition) is 8. The summed E-state index contributed by atoms with van der Waals surface area (Å²) in [5, 5.41) is 23.2. The second-order valence-electron chi connectivity index (χ2n) is 11.2. The van der Waals surface area contributed by atoms with Gasteiger partial charge in [-0.05, 0) is 31.9 Å². The Hall–Kier alpha value is -3.54. The molecule has 1 aliphatic heterocycles. The number of amides is 1. The third-order valence-corrected chi connectivity index (χ3v) is 5.92. The van der Waals surface area contributed by atoms with E-state index >= 15 is 0 Å². The number of nitrogens with one attached hydrogen (secondary N) is 1. The average Bonchev–Trinajstić information content (AvgIpc) is 3.47. The standard InChI is InChI=1S/C20H28N4O4.2C4H8O2/c1-12(2)18(25)23-17-15-7-6-14(24(15)22-11-21-17)16-8-9-20(5,28-16)10-27-19(26)13(3)4;2*1-3(2)4(5)6/h6-7,11-13,16H,8-10H2,1-5H3,(H,21,22,23,25);2*3H,1-2H3,(H,5,6)/t16?,20-;;/m0../s1. The summed E-state index contributed by atoms with van der Waals surface area (Å²) in [6.07, 6.45) is 2.82. The molecule has 0 aliphatic carbocycles. The lowest BCUT2D eigenvalue weighted by molar-refractivity contribution is -0.157. The lowest BCUT2D eigenvalue weighted by Crippen LogP contribution is -2.32. The van der Waals surface area contributed by atoms with E-state index in [0.29, 0.717) is 5.82 Å².